The Morgan fingerprint density at radius 2 is 2.09 bits per heavy atom. The molecule has 2 rings (SSSR count). The lowest BCUT2D eigenvalue weighted by atomic mass is 9.97. The summed E-state index contributed by atoms with van der Waals surface area (Å²) in [7, 11) is 0. The minimum Gasteiger partial charge on any atom is -0.361 e. The maximum absolute atomic E-state index is 13.1. The minimum atomic E-state index is -4.53. The number of hydrogen-bond acceptors (Lipinski definition) is 4. The zero-order chi connectivity index (χ0) is 16.5. The van der Waals surface area contributed by atoms with Crippen molar-refractivity contribution >= 4 is 11.8 Å². The van der Waals surface area contributed by atoms with Crippen LogP contribution in [-0.4, -0.2) is 46.7 Å². The standard InChI is InChI=1S/C13H16F3N3O3/c1-7-5-10(18-22-7)12(21)19-6-9(17-8(2)20)3-4-11(19)13(14,15)16/h5,9,11H,3-4,6H2,1-2H3,(H,17,20)/t9-,11+/m1/s1. The highest BCUT2D eigenvalue weighted by molar-refractivity contribution is 5.92. The molecule has 1 aromatic heterocycles. The summed E-state index contributed by atoms with van der Waals surface area (Å²) in [4.78, 5) is 24.1. The molecule has 22 heavy (non-hydrogen) atoms. The van der Waals surface area contributed by atoms with Gasteiger partial charge in [0.15, 0.2) is 5.69 Å². The van der Waals surface area contributed by atoms with E-state index in [2.05, 4.69) is 10.5 Å². The Bertz CT molecular complexity index is 570. The van der Waals surface area contributed by atoms with Crippen molar-refractivity contribution in [2.45, 2.75) is 44.9 Å². The number of aromatic nitrogens is 1. The first-order valence-electron chi connectivity index (χ1n) is 6.76. The second kappa shape index (κ2) is 5.98. The Kier molecular flexibility index (Phi) is 4.43. The lowest BCUT2D eigenvalue weighted by molar-refractivity contribution is -0.184. The summed E-state index contributed by atoms with van der Waals surface area (Å²) in [5, 5.41) is 6.02. The number of likely N-dealkylation sites (tertiary alicyclic amines) is 1. The molecule has 0 aliphatic carbocycles. The van der Waals surface area contributed by atoms with Crippen molar-refractivity contribution in [3.8, 4) is 0 Å². The summed E-state index contributed by atoms with van der Waals surface area (Å²) in [5.41, 5.74) is -0.171. The third kappa shape index (κ3) is 3.58. The van der Waals surface area contributed by atoms with E-state index in [0.29, 0.717) is 10.7 Å². The molecule has 0 unspecified atom stereocenters. The van der Waals surface area contributed by atoms with Gasteiger partial charge in [0.25, 0.3) is 5.91 Å². The molecule has 6 nitrogen and oxygen atoms in total. The molecule has 122 valence electrons. The molecular formula is C13H16F3N3O3. The number of halogens is 3. The molecule has 2 heterocycles. The number of aryl methyl sites for hydroxylation is 1. The van der Waals surface area contributed by atoms with Crippen LogP contribution in [0.1, 0.15) is 36.0 Å². The fraction of sp³-hybridized carbons (Fsp3) is 0.615. The first-order valence-corrected chi connectivity index (χ1v) is 6.76. The second-order valence-electron chi connectivity index (χ2n) is 5.31. The third-order valence-electron chi connectivity index (χ3n) is 3.48. The van der Waals surface area contributed by atoms with E-state index in [1.54, 1.807) is 6.92 Å². The molecule has 1 fully saturated rings. The number of carbonyl (C=O) groups is 2. The van der Waals surface area contributed by atoms with Gasteiger partial charge in [-0.25, -0.2) is 0 Å². The first kappa shape index (κ1) is 16.3. The SMILES string of the molecule is CC(=O)N[C@@H]1CC[C@@H](C(F)(F)F)N(C(=O)c2cc(C)on2)C1. The zero-order valence-electron chi connectivity index (χ0n) is 12.1. The van der Waals surface area contributed by atoms with Crippen LogP contribution in [0.15, 0.2) is 10.6 Å². The van der Waals surface area contributed by atoms with Crippen LogP contribution in [0.2, 0.25) is 0 Å². The van der Waals surface area contributed by atoms with Gasteiger partial charge < -0.3 is 14.7 Å². The maximum atomic E-state index is 13.1. The van der Waals surface area contributed by atoms with E-state index in [1.165, 1.54) is 13.0 Å². The molecule has 0 radical (unpaired) electrons. The predicted molar refractivity (Wildman–Crippen MR) is 69.0 cm³/mol. The van der Waals surface area contributed by atoms with Crippen molar-refractivity contribution in [2.24, 2.45) is 0 Å². The van der Waals surface area contributed by atoms with E-state index >= 15 is 0 Å². The smallest absolute Gasteiger partial charge is 0.361 e. The maximum Gasteiger partial charge on any atom is 0.408 e. The lowest BCUT2D eigenvalue weighted by Gasteiger charge is -2.40. The number of nitrogens with one attached hydrogen (secondary N) is 1. The fourth-order valence-electron chi connectivity index (χ4n) is 2.56. The van der Waals surface area contributed by atoms with Crippen molar-refractivity contribution in [3.63, 3.8) is 0 Å². The number of amides is 2. The number of piperidine rings is 1. The predicted octanol–water partition coefficient (Wildman–Crippen LogP) is 1.65. The summed E-state index contributed by atoms with van der Waals surface area (Å²) < 4.78 is 44.2. The van der Waals surface area contributed by atoms with Gasteiger partial charge in [0.1, 0.15) is 11.8 Å². The zero-order valence-corrected chi connectivity index (χ0v) is 12.1. The summed E-state index contributed by atoms with van der Waals surface area (Å²) in [6.45, 7) is 2.61. The van der Waals surface area contributed by atoms with Crippen molar-refractivity contribution in [1.29, 1.82) is 0 Å². The van der Waals surface area contributed by atoms with Gasteiger partial charge in [-0.3, -0.25) is 9.59 Å². The van der Waals surface area contributed by atoms with Gasteiger partial charge in [0.05, 0.1) is 0 Å². The van der Waals surface area contributed by atoms with Gasteiger partial charge in [-0.2, -0.15) is 13.2 Å². The van der Waals surface area contributed by atoms with E-state index in [-0.39, 0.29) is 31.0 Å². The normalized spacial score (nSPS) is 22.5. The Hall–Kier alpha value is -2.06. The van der Waals surface area contributed by atoms with Gasteiger partial charge in [-0.1, -0.05) is 5.16 Å². The third-order valence-corrected chi connectivity index (χ3v) is 3.48. The number of carbonyl (C=O) groups excluding carboxylic acids is 2. The molecule has 2 atom stereocenters. The molecule has 0 saturated carbocycles. The number of nitrogens with zero attached hydrogens (tertiary/aromatic N) is 2. The topological polar surface area (TPSA) is 75.4 Å². The molecule has 1 N–H and O–H groups in total. The van der Waals surface area contributed by atoms with E-state index in [4.69, 9.17) is 4.52 Å². The van der Waals surface area contributed by atoms with Crippen LogP contribution in [0.3, 0.4) is 0 Å². The Balaban J connectivity index is 2.23. The minimum absolute atomic E-state index is 0.158. The van der Waals surface area contributed by atoms with Gasteiger partial charge in [0.2, 0.25) is 5.91 Å². The summed E-state index contributed by atoms with van der Waals surface area (Å²) in [6.07, 6.45) is -4.64. The van der Waals surface area contributed by atoms with Crippen molar-refractivity contribution in [1.82, 2.24) is 15.4 Å². The molecule has 0 spiro atoms. The van der Waals surface area contributed by atoms with Crippen LogP contribution in [0.4, 0.5) is 13.2 Å². The van der Waals surface area contributed by atoms with E-state index < -0.39 is 24.2 Å². The largest absolute Gasteiger partial charge is 0.408 e. The van der Waals surface area contributed by atoms with Crippen LogP contribution >= 0.6 is 0 Å². The van der Waals surface area contributed by atoms with Crippen LogP contribution in [0.25, 0.3) is 0 Å². The Morgan fingerprint density at radius 1 is 1.41 bits per heavy atom. The fourth-order valence-corrected chi connectivity index (χ4v) is 2.56. The van der Waals surface area contributed by atoms with Gasteiger partial charge in [0, 0.05) is 25.6 Å². The summed E-state index contributed by atoms with van der Waals surface area (Å²) in [6, 6.07) is -1.10. The molecule has 1 aromatic rings. The highest BCUT2D eigenvalue weighted by Gasteiger charge is 2.48. The molecule has 9 heteroatoms. The van der Waals surface area contributed by atoms with Crippen LogP contribution in [0.5, 0.6) is 0 Å². The highest BCUT2D eigenvalue weighted by Crippen LogP contribution is 2.32. The average molecular weight is 319 g/mol. The Labute approximate surface area is 124 Å². The summed E-state index contributed by atoms with van der Waals surface area (Å²) in [5.74, 6) is -0.864. The number of rotatable bonds is 2. The molecule has 1 aliphatic rings. The second-order valence-corrected chi connectivity index (χ2v) is 5.31. The molecule has 0 aromatic carbocycles. The van der Waals surface area contributed by atoms with E-state index in [0.717, 1.165) is 0 Å². The van der Waals surface area contributed by atoms with Crippen molar-refractivity contribution in [2.75, 3.05) is 6.54 Å². The van der Waals surface area contributed by atoms with Crippen molar-refractivity contribution in [3.05, 3.63) is 17.5 Å². The van der Waals surface area contributed by atoms with Crippen molar-refractivity contribution < 1.29 is 27.3 Å². The van der Waals surface area contributed by atoms with E-state index in [9.17, 15) is 22.8 Å². The van der Waals surface area contributed by atoms with Crippen LogP contribution in [-0.2, 0) is 4.79 Å². The van der Waals surface area contributed by atoms with Crippen LogP contribution < -0.4 is 5.32 Å². The monoisotopic (exact) mass is 319 g/mol. The van der Waals surface area contributed by atoms with Gasteiger partial charge in [-0.15, -0.1) is 0 Å². The van der Waals surface area contributed by atoms with Gasteiger partial charge in [-0.05, 0) is 19.8 Å². The van der Waals surface area contributed by atoms with E-state index in [1.807, 2.05) is 0 Å². The summed E-state index contributed by atoms with van der Waals surface area (Å²) >= 11 is 0. The number of alkyl halides is 3. The number of hydrogen-bond donors (Lipinski definition) is 1. The molecule has 1 aliphatic heterocycles. The molecule has 0 bridgehead atoms. The average Bonchev–Trinajstić information content (AvgIpc) is 2.82. The first-order chi connectivity index (χ1) is 10.2. The quantitative estimate of drug-likeness (QED) is 0.899. The molecule has 2 amide bonds. The van der Waals surface area contributed by atoms with Gasteiger partial charge >= 0.3 is 6.18 Å². The highest BCUT2D eigenvalue weighted by atomic mass is 19.4. The van der Waals surface area contributed by atoms with Crippen LogP contribution in [0, 0.1) is 6.92 Å². The lowest BCUT2D eigenvalue weighted by Crippen LogP contribution is -2.58. The molecule has 1 saturated heterocycles. The molecular weight excluding hydrogens is 303 g/mol. The Morgan fingerprint density at radius 3 is 2.59 bits per heavy atom.